The van der Waals surface area contributed by atoms with Crippen molar-refractivity contribution in [2.45, 2.75) is 41.0 Å². The zero-order valence-corrected chi connectivity index (χ0v) is 16.4. The van der Waals surface area contributed by atoms with Gasteiger partial charge in [0.2, 0.25) is 0 Å². The fourth-order valence-electron chi connectivity index (χ4n) is 3.20. The summed E-state index contributed by atoms with van der Waals surface area (Å²) in [5.74, 6) is 1.49. The molecule has 2 aromatic carbocycles. The van der Waals surface area contributed by atoms with Gasteiger partial charge in [-0.2, -0.15) is 0 Å². The van der Waals surface area contributed by atoms with Crippen molar-refractivity contribution < 1.29 is 14.3 Å². The molecular weight excluding hydrogens is 326 g/mol. The summed E-state index contributed by atoms with van der Waals surface area (Å²) in [7, 11) is 0. The van der Waals surface area contributed by atoms with Crippen LogP contribution in [-0.2, 0) is 6.42 Å². The van der Waals surface area contributed by atoms with E-state index in [0.717, 1.165) is 40.2 Å². The second-order valence-electron chi connectivity index (χ2n) is 6.43. The van der Waals surface area contributed by atoms with E-state index >= 15 is 0 Å². The Hall–Kier alpha value is -2.49. The van der Waals surface area contributed by atoms with Crippen LogP contribution in [0.1, 0.15) is 46.5 Å². The molecule has 0 aliphatic carbocycles. The Bertz CT molecular complexity index is 745. The van der Waals surface area contributed by atoms with Crippen LogP contribution < -0.4 is 14.8 Å². The molecule has 0 aromatic heterocycles. The smallest absolute Gasteiger partial charge is 0.251 e. The summed E-state index contributed by atoms with van der Waals surface area (Å²) in [6, 6.07) is 10.0. The molecule has 4 heteroatoms. The third-order valence-corrected chi connectivity index (χ3v) is 4.21. The highest BCUT2D eigenvalue weighted by molar-refractivity contribution is 5.97. The SMILES string of the molecule is CCOc1ccc(CCNC(=O)c2c(C)cc(C)cc2C)cc1OCC. The topological polar surface area (TPSA) is 47.6 Å². The van der Waals surface area contributed by atoms with Crippen LogP contribution in [-0.4, -0.2) is 25.7 Å². The maximum atomic E-state index is 12.5. The van der Waals surface area contributed by atoms with E-state index in [-0.39, 0.29) is 5.91 Å². The number of nitrogens with one attached hydrogen (secondary N) is 1. The average molecular weight is 355 g/mol. The monoisotopic (exact) mass is 355 g/mol. The third kappa shape index (κ3) is 5.01. The van der Waals surface area contributed by atoms with Gasteiger partial charge in [-0.15, -0.1) is 0 Å². The quantitative estimate of drug-likeness (QED) is 0.764. The molecule has 0 unspecified atom stereocenters. The number of hydrogen-bond donors (Lipinski definition) is 1. The van der Waals surface area contributed by atoms with E-state index in [4.69, 9.17) is 9.47 Å². The van der Waals surface area contributed by atoms with Gasteiger partial charge in [-0.1, -0.05) is 23.8 Å². The van der Waals surface area contributed by atoms with Crippen LogP contribution in [0, 0.1) is 20.8 Å². The Balaban J connectivity index is 2.01. The largest absolute Gasteiger partial charge is 0.490 e. The Kier molecular flexibility index (Phi) is 7.07. The molecule has 0 aliphatic rings. The summed E-state index contributed by atoms with van der Waals surface area (Å²) in [6.07, 6.45) is 0.738. The minimum atomic E-state index is -0.0176. The highest BCUT2D eigenvalue weighted by atomic mass is 16.5. The van der Waals surface area contributed by atoms with Gasteiger partial charge in [0.15, 0.2) is 11.5 Å². The van der Waals surface area contributed by atoms with Crippen LogP contribution in [0.25, 0.3) is 0 Å². The van der Waals surface area contributed by atoms with Crippen molar-refractivity contribution in [1.29, 1.82) is 0 Å². The first-order valence-corrected chi connectivity index (χ1v) is 9.20. The van der Waals surface area contributed by atoms with Crippen LogP contribution in [0.3, 0.4) is 0 Å². The molecule has 0 radical (unpaired) electrons. The molecule has 4 nitrogen and oxygen atoms in total. The van der Waals surface area contributed by atoms with Crippen LogP contribution in [0.4, 0.5) is 0 Å². The summed E-state index contributed by atoms with van der Waals surface area (Å²) >= 11 is 0. The standard InChI is InChI=1S/C22H29NO3/c1-6-25-19-9-8-18(14-20(19)26-7-2)10-11-23-22(24)21-16(4)12-15(3)13-17(21)5/h8-9,12-14H,6-7,10-11H2,1-5H3,(H,23,24). The lowest BCUT2D eigenvalue weighted by molar-refractivity contribution is 0.0953. The summed E-state index contributed by atoms with van der Waals surface area (Å²) in [5, 5.41) is 3.03. The molecular formula is C22H29NO3. The predicted octanol–water partition coefficient (Wildman–Crippen LogP) is 4.38. The molecule has 1 amide bonds. The molecule has 1 N–H and O–H groups in total. The Morgan fingerprint density at radius 1 is 0.923 bits per heavy atom. The molecule has 26 heavy (non-hydrogen) atoms. The van der Waals surface area contributed by atoms with Crippen molar-refractivity contribution >= 4 is 5.91 Å². The number of hydrogen-bond acceptors (Lipinski definition) is 3. The lowest BCUT2D eigenvalue weighted by Crippen LogP contribution is -2.27. The lowest BCUT2D eigenvalue weighted by atomic mass is 9.99. The molecule has 0 spiro atoms. The number of aryl methyl sites for hydroxylation is 3. The Morgan fingerprint density at radius 3 is 2.15 bits per heavy atom. The van der Waals surface area contributed by atoms with Gasteiger partial charge in [-0.05, 0) is 69.9 Å². The van der Waals surface area contributed by atoms with Crippen LogP contribution in [0.2, 0.25) is 0 Å². The maximum absolute atomic E-state index is 12.5. The molecule has 140 valence electrons. The van der Waals surface area contributed by atoms with Gasteiger partial charge in [-0.25, -0.2) is 0 Å². The number of amides is 1. The van der Waals surface area contributed by atoms with Crippen molar-refractivity contribution in [1.82, 2.24) is 5.32 Å². The van der Waals surface area contributed by atoms with Crippen LogP contribution >= 0.6 is 0 Å². The van der Waals surface area contributed by atoms with Gasteiger partial charge >= 0.3 is 0 Å². The number of rotatable bonds is 8. The molecule has 0 atom stereocenters. The Morgan fingerprint density at radius 2 is 1.54 bits per heavy atom. The second-order valence-corrected chi connectivity index (χ2v) is 6.43. The average Bonchev–Trinajstić information content (AvgIpc) is 2.56. The van der Waals surface area contributed by atoms with Crippen molar-refractivity contribution in [3.63, 3.8) is 0 Å². The van der Waals surface area contributed by atoms with Crippen LogP contribution in [0.5, 0.6) is 11.5 Å². The van der Waals surface area contributed by atoms with Gasteiger partial charge < -0.3 is 14.8 Å². The summed E-state index contributed by atoms with van der Waals surface area (Å²) < 4.78 is 11.2. The number of carbonyl (C=O) groups excluding carboxylic acids is 1. The zero-order valence-electron chi connectivity index (χ0n) is 16.4. The second kappa shape index (κ2) is 9.27. The molecule has 0 bridgehead atoms. The fourth-order valence-corrected chi connectivity index (χ4v) is 3.20. The highest BCUT2D eigenvalue weighted by Crippen LogP contribution is 2.28. The summed E-state index contributed by atoms with van der Waals surface area (Å²) in [6.45, 7) is 11.7. The van der Waals surface area contributed by atoms with E-state index in [1.54, 1.807) is 0 Å². The van der Waals surface area contributed by atoms with Crippen molar-refractivity contribution in [3.8, 4) is 11.5 Å². The number of ether oxygens (including phenoxy) is 2. The molecule has 0 saturated carbocycles. The van der Waals surface area contributed by atoms with Crippen LogP contribution in [0.15, 0.2) is 30.3 Å². The van der Waals surface area contributed by atoms with Gasteiger partial charge in [-0.3, -0.25) is 4.79 Å². The minimum Gasteiger partial charge on any atom is -0.490 e. The molecule has 2 aromatic rings. The first kappa shape index (κ1) is 19.8. The van der Waals surface area contributed by atoms with Gasteiger partial charge in [0.25, 0.3) is 5.91 Å². The number of carbonyl (C=O) groups is 1. The molecule has 2 rings (SSSR count). The summed E-state index contributed by atoms with van der Waals surface area (Å²) in [4.78, 5) is 12.5. The normalized spacial score (nSPS) is 10.5. The van der Waals surface area contributed by atoms with Crippen molar-refractivity contribution in [2.24, 2.45) is 0 Å². The van der Waals surface area contributed by atoms with E-state index in [0.29, 0.717) is 19.8 Å². The van der Waals surface area contributed by atoms with Gasteiger partial charge in [0, 0.05) is 12.1 Å². The molecule has 0 fully saturated rings. The van der Waals surface area contributed by atoms with Crippen molar-refractivity contribution in [2.75, 3.05) is 19.8 Å². The molecule has 0 heterocycles. The highest BCUT2D eigenvalue weighted by Gasteiger charge is 2.12. The third-order valence-electron chi connectivity index (χ3n) is 4.21. The molecule has 0 aliphatic heterocycles. The van der Waals surface area contributed by atoms with Gasteiger partial charge in [0.1, 0.15) is 0 Å². The van der Waals surface area contributed by atoms with E-state index in [1.807, 2.05) is 65.0 Å². The minimum absolute atomic E-state index is 0.0176. The summed E-state index contributed by atoms with van der Waals surface area (Å²) in [5.41, 5.74) is 5.08. The molecule has 0 saturated heterocycles. The van der Waals surface area contributed by atoms with Gasteiger partial charge in [0.05, 0.1) is 13.2 Å². The van der Waals surface area contributed by atoms with E-state index in [9.17, 15) is 4.79 Å². The van der Waals surface area contributed by atoms with Crippen molar-refractivity contribution in [3.05, 3.63) is 58.1 Å². The van der Waals surface area contributed by atoms with E-state index in [1.165, 1.54) is 5.56 Å². The fraction of sp³-hybridized carbons (Fsp3) is 0.409. The first-order valence-electron chi connectivity index (χ1n) is 9.20. The zero-order chi connectivity index (χ0) is 19.1. The maximum Gasteiger partial charge on any atom is 0.251 e. The predicted molar refractivity (Wildman–Crippen MR) is 105 cm³/mol. The van der Waals surface area contributed by atoms with E-state index in [2.05, 4.69) is 5.32 Å². The van der Waals surface area contributed by atoms with E-state index < -0.39 is 0 Å². The first-order chi connectivity index (χ1) is 12.5. The number of benzene rings is 2. The lowest BCUT2D eigenvalue weighted by Gasteiger charge is -2.14. The Labute approximate surface area is 156 Å².